The van der Waals surface area contributed by atoms with Crippen LogP contribution in [-0.4, -0.2) is 176 Å². The molecule has 5 heterocycles. The van der Waals surface area contributed by atoms with E-state index in [2.05, 4.69) is 47.6 Å². The summed E-state index contributed by atoms with van der Waals surface area (Å²) in [7, 11) is 0. The summed E-state index contributed by atoms with van der Waals surface area (Å²) in [6, 6.07) is 0. The van der Waals surface area contributed by atoms with E-state index < -0.39 is 110 Å². The van der Waals surface area contributed by atoms with E-state index in [1.807, 2.05) is 6.92 Å². The molecule has 9 N–H and O–H groups in total. The third kappa shape index (κ3) is 6.95. The van der Waals surface area contributed by atoms with Crippen LogP contribution in [0.15, 0.2) is 11.6 Å². The van der Waals surface area contributed by atoms with Gasteiger partial charge in [-0.25, -0.2) is 0 Å². The molecule has 2 spiro atoms. The third-order valence-electron chi connectivity index (χ3n) is 18.7. The summed E-state index contributed by atoms with van der Waals surface area (Å²) in [6.07, 6.45) is -11.3. The molecule has 9 fully saturated rings. The molecular weight excluding hydrogens is 824 g/mol. The molecule has 4 saturated carbocycles. The maximum atomic E-state index is 12.4. The van der Waals surface area contributed by atoms with Gasteiger partial charge in [-0.2, -0.15) is 0 Å². The van der Waals surface area contributed by atoms with Crippen LogP contribution in [-0.2, 0) is 37.9 Å². The highest BCUT2D eigenvalue weighted by Crippen LogP contribution is 2.80. The van der Waals surface area contributed by atoms with Gasteiger partial charge in [-0.3, -0.25) is 0 Å². The van der Waals surface area contributed by atoms with Crippen molar-refractivity contribution in [1.29, 1.82) is 0 Å². The van der Waals surface area contributed by atoms with Crippen molar-refractivity contribution in [3.63, 3.8) is 0 Å². The highest BCUT2D eigenvalue weighted by atomic mass is 16.8. The molecule has 0 radical (unpaired) electrons. The van der Waals surface area contributed by atoms with E-state index in [0.717, 1.165) is 44.1 Å². The van der Waals surface area contributed by atoms with E-state index in [-0.39, 0.29) is 52.6 Å². The van der Waals surface area contributed by atoms with E-state index >= 15 is 0 Å². The van der Waals surface area contributed by atoms with Crippen LogP contribution < -0.4 is 0 Å². The number of rotatable bonds is 9. The molecule has 24 atom stereocenters. The van der Waals surface area contributed by atoms with Gasteiger partial charge in [-0.15, -0.1) is 0 Å². The molecule has 0 aromatic heterocycles. The standard InChI is InChI=1S/C46H74O17/c1-21(2)14-22-17-57-46-19-45(20-58-46)23(37(46)44(22,7)55)8-9-28-42(5)12-11-29(41(3,4)27(42)10-13-43(28,45)6)61-40-36(63-38-33(53)31(51)26(16-48)60-38)35(24(49)18-56-40)62-39-34(54)32(52)30(50)25(15-47)59-39/h14,22-40,47-55H,8-13,15-20H2,1-7H3/t22-,23-,24+,25-,26+,27+,28-,29+,30-,31+,32+,33-,34-,35+,36-,37-,38+,39+,40+,42+,43-,44+,45+,46-/m0/s1. The quantitative estimate of drug-likeness (QED) is 0.113. The van der Waals surface area contributed by atoms with Gasteiger partial charge in [0.15, 0.2) is 24.7 Å². The molecule has 17 nitrogen and oxygen atoms in total. The third-order valence-corrected chi connectivity index (χ3v) is 18.7. The molecule has 63 heavy (non-hydrogen) atoms. The Balaban J connectivity index is 0.970. The van der Waals surface area contributed by atoms with Gasteiger partial charge in [0, 0.05) is 23.7 Å². The summed E-state index contributed by atoms with van der Waals surface area (Å²) < 4.78 is 50.5. The predicted molar refractivity (Wildman–Crippen MR) is 219 cm³/mol. The summed E-state index contributed by atoms with van der Waals surface area (Å²) in [5.74, 6) is -0.140. The second kappa shape index (κ2) is 16.4. The van der Waals surface area contributed by atoms with Crippen molar-refractivity contribution in [2.45, 2.75) is 191 Å². The highest BCUT2D eigenvalue weighted by molar-refractivity contribution is 5.27. The fourth-order valence-electron chi connectivity index (χ4n) is 15.5. The van der Waals surface area contributed by atoms with Gasteiger partial charge >= 0.3 is 0 Å². The molecule has 9 rings (SSSR count). The lowest BCUT2D eigenvalue weighted by Gasteiger charge is -2.70. The zero-order chi connectivity index (χ0) is 45.4. The molecule has 4 aliphatic carbocycles. The van der Waals surface area contributed by atoms with Crippen LogP contribution in [0, 0.1) is 51.2 Å². The first-order chi connectivity index (χ1) is 29.6. The van der Waals surface area contributed by atoms with Crippen LogP contribution >= 0.6 is 0 Å². The van der Waals surface area contributed by atoms with Crippen LogP contribution in [0.25, 0.3) is 0 Å². The molecule has 2 bridgehead atoms. The van der Waals surface area contributed by atoms with E-state index in [0.29, 0.717) is 25.6 Å². The maximum Gasteiger partial charge on any atom is 0.187 e. The maximum absolute atomic E-state index is 12.4. The lowest BCUT2D eigenvalue weighted by molar-refractivity contribution is -0.375. The summed E-state index contributed by atoms with van der Waals surface area (Å²) in [6.45, 7) is 15.1. The molecule has 5 aliphatic heterocycles. The largest absolute Gasteiger partial charge is 0.394 e. The Kier molecular flexibility index (Phi) is 12.2. The van der Waals surface area contributed by atoms with Gasteiger partial charge in [0.05, 0.1) is 44.7 Å². The van der Waals surface area contributed by atoms with Crippen molar-refractivity contribution in [2.24, 2.45) is 51.2 Å². The molecule has 360 valence electrons. The number of ether oxygens (including phenoxy) is 8. The van der Waals surface area contributed by atoms with Crippen molar-refractivity contribution in [1.82, 2.24) is 0 Å². The summed E-state index contributed by atoms with van der Waals surface area (Å²) in [4.78, 5) is 0. The lowest BCUT2D eigenvalue weighted by Crippen LogP contribution is -2.68. The SMILES string of the molecule is CC(C)=C[C@H]1CO[C@@]23C[C@@]4(CO2)[C@@H](CC[C@H]2[C@]5(C)CC[C@@H](O[C@H]6OC[C@@H](O)[C@@H](O[C@H]7O[C@@H](CO)[C@H](O)[C@@H](O)[C@@H]7O)[C@@H]6O[C@H]6O[C@H](CO)[C@@H](O)[C@@H]6O)C(C)(C)[C@H]5CC[C@@]24C)[C@H]3[C@]1(C)O. The molecule has 9 aliphatic rings. The topological polar surface area (TPSA) is 256 Å². The number of aliphatic hydroxyl groups is 9. The lowest BCUT2D eigenvalue weighted by atomic mass is 9.35. The first kappa shape index (κ1) is 47.1. The van der Waals surface area contributed by atoms with Crippen molar-refractivity contribution < 1.29 is 83.9 Å². The predicted octanol–water partition coefficient (Wildman–Crippen LogP) is 0.463. The van der Waals surface area contributed by atoms with Crippen LogP contribution in [0.5, 0.6) is 0 Å². The fraction of sp³-hybridized carbons (Fsp3) is 0.957. The number of fused-ring (bicyclic) bond motifs is 4. The first-order valence-corrected chi connectivity index (χ1v) is 23.4. The van der Waals surface area contributed by atoms with Crippen molar-refractivity contribution >= 4 is 0 Å². The van der Waals surface area contributed by atoms with E-state index in [9.17, 15) is 46.0 Å². The Labute approximate surface area is 369 Å². The first-order valence-electron chi connectivity index (χ1n) is 23.4. The zero-order valence-electron chi connectivity index (χ0n) is 37.8. The van der Waals surface area contributed by atoms with Crippen molar-refractivity contribution in [3.8, 4) is 0 Å². The number of aliphatic hydroxyl groups excluding tert-OH is 8. The van der Waals surface area contributed by atoms with Crippen molar-refractivity contribution in [3.05, 3.63) is 11.6 Å². The average molecular weight is 899 g/mol. The van der Waals surface area contributed by atoms with Crippen molar-refractivity contribution in [2.75, 3.05) is 33.0 Å². The summed E-state index contributed by atoms with van der Waals surface area (Å²) in [5, 5.41) is 96.9. The van der Waals surface area contributed by atoms with Gasteiger partial charge in [0.25, 0.3) is 0 Å². The van der Waals surface area contributed by atoms with Gasteiger partial charge in [-0.05, 0) is 93.3 Å². The fourth-order valence-corrected chi connectivity index (χ4v) is 15.5. The molecule has 0 aromatic rings. The molecule has 0 unspecified atom stereocenters. The Morgan fingerprint density at radius 1 is 0.683 bits per heavy atom. The van der Waals surface area contributed by atoms with E-state index in [4.69, 9.17) is 37.9 Å². The van der Waals surface area contributed by atoms with Gasteiger partial charge in [0.1, 0.15) is 61.0 Å². The second-order valence-corrected chi connectivity index (χ2v) is 22.4. The smallest absolute Gasteiger partial charge is 0.187 e. The van der Waals surface area contributed by atoms with Crippen LogP contribution in [0.3, 0.4) is 0 Å². The monoisotopic (exact) mass is 898 g/mol. The number of allylic oxidation sites excluding steroid dienone is 1. The summed E-state index contributed by atoms with van der Waals surface area (Å²) >= 11 is 0. The Morgan fingerprint density at radius 2 is 1.32 bits per heavy atom. The number of hydrogen-bond acceptors (Lipinski definition) is 17. The minimum atomic E-state index is -1.79. The molecule has 0 amide bonds. The second-order valence-electron chi connectivity index (χ2n) is 22.4. The Bertz CT molecular complexity index is 1710. The minimum absolute atomic E-state index is 0.0626. The van der Waals surface area contributed by atoms with Crippen LogP contribution in [0.2, 0.25) is 0 Å². The highest BCUT2D eigenvalue weighted by Gasteiger charge is 2.81. The Morgan fingerprint density at radius 3 is 1.97 bits per heavy atom. The van der Waals surface area contributed by atoms with E-state index in [1.165, 1.54) is 0 Å². The van der Waals surface area contributed by atoms with Crippen LogP contribution in [0.4, 0.5) is 0 Å². The molecule has 0 aromatic carbocycles. The van der Waals surface area contributed by atoms with E-state index in [1.54, 1.807) is 0 Å². The van der Waals surface area contributed by atoms with Gasteiger partial charge < -0.3 is 83.9 Å². The molecule has 17 heteroatoms. The molecule has 5 saturated heterocycles. The minimum Gasteiger partial charge on any atom is -0.394 e. The van der Waals surface area contributed by atoms with Crippen LogP contribution in [0.1, 0.15) is 93.4 Å². The normalized spacial score (nSPS) is 57.2. The van der Waals surface area contributed by atoms with Gasteiger partial charge in [0.2, 0.25) is 0 Å². The zero-order valence-corrected chi connectivity index (χ0v) is 37.8. The van der Waals surface area contributed by atoms with Gasteiger partial charge in [-0.1, -0.05) is 39.3 Å². The average Bonchev–Trinajstić information content (AvgIpc) is 3.85. The molecular formula is C46H74O17. The summed E-state index contributed by atoms with van der Waals surface area (Å²) in [5.41, 5.74) is -0.487. The Hall–Kier alpha value is -0.940. The number of hydrogen-bond donors (Lipinski definition) is 9.